The van der Waals surface area contributed by atoms with Crippen LogP contribution in [0.25, 0.3) is 0 Å². The number of hydrogen-bond donors (Lipinski definition) is 2. The van der Waals surface area contributed by atoms with Crippen molar-refractivity contribution in [3.63, 3.8) is 0 Å². The van der Waals surface area contributed by atoms with Crippen LogP contribution in [0.2, 0.25) is 0 Å². The van der Waals surface area contributed by atoms with Gasteiger partial charge in [0.2, 0.25) is 5.91 Å². The fourth-order valence-electron chi connectivity index (χ4n) is 1.82. The lowest BCUT2D eigenvalue weighted by Crippen LogP contribution is -2.34. The third-order valence-electron chi connectivity index (χ3n) is 3.16. The van der Waals surface area contributed by atoms with Crippen LogP contribution in [0.1, 0.15) is 13.8 Å². The lowest BCUT2D eigenvalue weighted by molar-refractivity contribution is -0.127. The van der Waals surface area contributed by atoms with Gasteiger partial charge in [-0.25, -0.2) is 4.99 Å². The van der Waals surface area contributed by atoms with Gasteiger partial charge in [-0.2, -0.15) is 0 Å². The lowest BCUT2D eigenvalue weighted by Gasteiger charge is -2.15. The number of anilines is 1. The zero-order valence-corrected chi connectivity index (χ0v) is 15.7. The summed E-state index contributed by atoms with van der Waals surface area (Å²) in [6.45, 7) is 8.82. The lowest BCUT2D eigenvalue weighted by atomic mass is 10.2. The molecule has 138 valence electrons. The van der Waals surface area contributed by atoms with Gasteiger partial charge in [-0.3, -0.25) is 4.79 Å². The van der Waals surface area contributed by atoms with Crippen molar-refractivity contribution >= 4 is 17.6 Å². The predicted octanol–water partition coefficient (Wildman–Crippen LogP) is 2.12. The number of carbonyl (C=O) groups excluding carboxylic acids is 1. The highest BCUT2D eigenvalue weighted by Crippen LogP contribution is 2.30. The summed E-state index contributed by atoms with van der Waals surface area (Å²) in [6, 6.07) is 5.50. The summed E-state index contributed by atoms with van der Waals surface area (Å²) in [5, 5.41) is 6.31. The van der Waals surface area contributed by atoms with Crippen LogP contribution in [0.4, 0.5) is 5.69 Å². The zero-order chi connectivity index (χ0) is 18.8. The molecule has 0 saturated heterocycles. The molecule has 1 rings (SSSR count). The number of ether oxygens (including phenoxy) is 2. The van der Waals surface area contributed by atoms with E-state index in [4.69, 9.17) is 9.47 Å². The first kappa shape index (κ1) is 20.3. The van der Waals surface area contributed by atoms with E-state index in [-0.39, 0.29) is 12.5 Å². The molecule has 7 heteroatoms. The molecule has 0 aliphatic heterocycles. The summed E-state index contributed by atoms with van der Waals surface area (Å²) < 4.78 is 10.9. The minimum Gasteiger partial charge on any atom is -0.493 e. The van der Waals surface area contributed by atoms with E-state index in [0.29, 0.717) is 30.6 Å². The van der Waals surface area contributed by atoms with Crippen molar-refractivity contribution in [3.8, 4) is 11.5 Å². The summed E-state index contributed by atoms with van der Waals surface area (Å²) in [5.74, 6) is 1.70. The van der Waals surface area contributed by atoms with Crippen LogP contribution in [-0.4, -0.2) is 57.7 Å². The first-order chi connectivity index (χ1) is 11.9. The maximum Gasteiger partial charge on any atom is 0.243 e. The van der Waals surface area contributed by atoms with Gasteiger partial charge in [0.05, 0.1) is 13.7 Å². The van der Waals surface area contributed by atoms with Crippen molar-refractivity contribution in [3.05, 3.63) is 30.4 Å². The van der Waals surface area contributed by atoms with Gasteiger partial charge in [-0.1, -0.05) is 12.2 Å². The Balaban J connectivity index is 2.95. The molecular formula is C18H28N4O3. The van der Waals surface area contributed by atoms with Gasteiger partial charge in [0, 0.05) is 32.4 Å². The molecule has 1 aromatic rings. The average Bonchev–Trinajstić information content (AvgIpc) is 2.57. The van der Waals surface area contributed by atoms with Crippen LogP contribution >= 0.6 is 0 Å². The number of nitrogens with one attached hydrogen (secondary N) is 2. The van der Waals surface area contributed by atoms with Crippen LogP contribution in [0, 0.1) is 0 Å². The Hall–Kier alpha value is -2.70. The Morgan fingerprint density at radius 1 is 1.32 bits per heavy atom. The van der Waals surface area contributed by atoms with E-state index in [2.05, 4.69) is 22.2 Å². The Morgan fingerprint density at radius 2 is 2.04 bits per heavy atom. The molecule has 0 aliphatic rings. The van der Waals surface area contributed by atoms with Gasteiger partial charge in [0.15, 0.2) is 17.5 Å². The van der Waals surface area contributed by atoms with Gasteiger partial charge >= 0.3 is 0 Å². The first-order valence-corrected chi connectivity index (χ1v) is 8.08. The highest BCUT2D eigenvalue weighted by Gasteiger charge is 2.08. The van der Waals surface area contributed by atoms with Gasteiger partial charge in [-0.05, 0) is 26.0 Å². The van der Waals surface area contributed by atoms with Crippen molar-refractivity contribution in [2.45, 2.75) is 13.8 Å². The number of benzene rings is 1. The summed E-state index contributed by atoms with van der Waals surface area (Å²) in [5.41, 5.74) is 1.73. The summed E-state index contributed by atoms with van der Waals surface area (Å²) >= 11 is 0. The number of guanidine groups is 1. The van der Waals surface area contributed by atoms with Crippen molar-refractivity contribution in [1.29, 1.82) is 0 Å². The minimum atomic E-state index is -0.0823. The third kappa shape index (κ3) is 7.15. The Bertz CT molecular complexity index is 627. The van der Waals surface area contributed by atoms with Gasteiger partial charge in [-0.15, -0.1) is 0 Å². The predicted molar refractivity (Wildman–Crippen MR) is 102 cm³/mol. The molecule has 1 aromatic carbocycles. The number of rotatable bonds is 8. The Labute approximate surface area is 149 Å². The quantitative estimate of drug-likeness (QED) is 0.428. The van der Waals surface area contributed by atoms with Crippen molar-refractivity contribution < 1.29 is 14.3 Å². The molecule has 25 heavy (non-hydrogen) atoms. The van der Waals surface area contributed by atoms with Crippen LogP contribution in [-0.2, 0) is 4.79 Å². The van der Waals surface area contributed by atoms with E-state index in [1.807, 2.05) is 32.0 Å². The van der Waals surface area contributed by atoms with E-state index >= 15 is 0 Å². The van der Waals surface area contributed by atoms with Gasteiger partial charge < -0.3 is 25.0 Å². The van der Waals surface area contributed by atoms with Crippen LogP contribution < -0.4 is 20.1 Å². The largest absolute Gasteiger partial charge is 0.493 e. The SMILES string of the molecule is C=C(C)CNC(=NCC(=O)N(C)C)Nc1ccc(OC)c(OCC)c1. The van der Waals surface area contributed by atoms with Crippen LogP contribution in [0.5, 0.6) is 11.5 Å². The second kappa shape index (κ2) is 10.2. The number of methoxy groups -OCH3 is 1. The van der Waals surface area contributed by atoms with Crippen molar-refractivity contribution in [2.75, 3.05) is 46.2 Å². The number of carbonyl (C=O) groups is 1. The number of hydrogen-bond acceptors (Lipinski definition) is 4. The number of aliphatic imine (C=N–C) groups is 1. The summed E-state index contributed by atoms with van der Waals surface area (Å²) in [4.78, 5) is 17.6. The molecule has 1 amide bonds. The second-order valence-corrected chi connectivity index (χ2v) is 5.69. The topological polar surface area (TPSA) is 75.2 Å². The summed E-state index contributed by atoms with van der Waals surface area (Å²) in [7, 11) is 4.99. The molecule has 0 saturated carbocycles. The third-order valence-corrected chi connectivity index (χ3v) is 3.16. The number of likely N-dealkylation sites (N-methyl/N-ethyl adjacent to an activating group) is 1. The molecule has 0 fully saturated rings. The van der Waals surface area contributed by atoms with Crippen LogP contribution in [0.3, 0.4) is 0 Å². The molecular weight excluding hydrogens is 320 g/mol. The molecule has 0 bridgehead atoms. The molecule has 2 N–H and O–H groups in total. The average molecular weight is 348 g/mol. The molecule has 0 spiro atoms. The van der Waals surface area contributed by atoms with Crippen LogP contribution in [0.15, 0.2) is 35.3 Å². The molecule has 7 nitrogen and oxygen atoms in total. The fourth-order valence-corrected chi connectivity index (χ4v) is 1.82. The zero-order valence-electron chi connectivity index (χ0n) is 15.7. The molecule has 0 atom stereocenters. The standard InChI is InChI=1S/C18H28N4O3/c1-7-25-16-10-14(8-9-15(16)24-6)21-18(19-11-13(2)3)20-12-17(23)22(4)5/h8-10H,2,7,11-12H2,1,3-6H3,(H2,19,20,21). The number of nitrogens with zero attached hydrogens (tertiary/aromatic N) is 2. The van der Waals surface area contributed by atoms with E-state index in [0.717, 1.165) is 11.3 Å². The Kier molecular flexibility index (Phi) is 8.32. The van der Waals surface area contributed by atoms with Crippen molar-refractivity contribution in [1.82, 2.24) is 10.2 Å². The molecule has 0 unspecified atom stereocenters. The molecule has 0 aliphatic carbocycles. The van der Waals surface area contributed by atoms with E-state index < -0.39 is 0 Å². The minimum absolute atomic E-state index is 0.0486. The number of amides is 1. The molecule has 0 aromatic heterocycles. The monoisotopic (exact) mass is 348 g/mol. The fraction of sp³-hybridized carbons (Fsp3) is 0.444. The maximum atomic E-state index is 11.8. The smallest absolute Gasteiger partial charge is 0.243 e. The summed E-state index contributed by atoms with van der Waals surface area (Å²) in [6.07, 6.45) is 0. The van der Waals surface area contributed by atoms with Crippen molar-refractivity contribution in [2.24, 2.45) is 4.99 Å². The normalized spacial score (nSPS) is 10.8. The van der Waals surface area contributed by atoms with E-state index in [9.17, 15) is 4.79 Å². The van der Waals surface area contributed by atoms with E-state index in [1.54, 1.807) is 21.2 Å². The molecule has 0 heterocycles. The van der Waals surface area contributed by atoms with E-state index in [1.165, 1.54) is 4.90 Å². The Morgan fingerprint density at radius 3 is 2.60 bits per heavy atom. The van der Waals surface area contributed by atoms with Gasteiger partial charge in [0.1, 0.15) is 6.54 Å². The molecule has 0 radical (unpaired) electrons. The maximum absolute atomic E-state index is 11.8. The second-order valence-electron chi connectivity index (χ2n) is 5.69. The highest BCUT2D eigenvalue weighted by molar-refractivity contribution is 5.95. The highest BCUT2D eigenvalue weighted by atomic mass is 16.5. The van der Waals surface area contributed by atoms with Gasteiger partial charge in [0.25, 0.3) is 0 Å². The first-order valence-electron chi connectivity index (χ1n) is 8.08.